The number of rotatable bonds is 5. The Labute approximate surface area is 131 Å². The molecular weight excluding hydrogens is 335 g/mol. The lowest BCUT2D eigenvalue weighted by molar-refractivity contribution is -0.115. The SMILES string of the molecule is C[C@@H](NCC(=O)Nc1cccc(F)c1)c1cccc(Br)c1. The second-order valence-corrected chi connectivity index (χ2v) is 5.63. The second-order valence-electron chi connectivity index (χ2n) is 4.72. The van der Waals surface area contributed by atoms with E-state index in [0.717, 1.165) is 10.0 Å². The van der Waals surface area contributed by atoms with Gasteiger partial charge in [-0.2, -0.15) is 0 Å². The van der Waals surface area contributed by atoms with E-state index in [1.807, 2.05) is 31.2 Å². The minimum atomic E-state index is -0.372. The summed E-state index contributed by atoms with van der Waals surface area (Å²) < 4.78 is 14.0. The fourth-order valence-corrected chi connectivity index (χ4v) is 2.33. The van der Waals surface area contributed by atoms with Crippen LogP contribution in [0.5, 0.6) is 0 Å². The second kappa shape index (κ2) is 7.33. The zero-order valence-electron chi connectivity index (χ0n) is 11.6. The van der Waals surface area contributed by atoms with Crippen molar-refractivity contribution in [1.82, 2.24) is 5.32 Å². The number of hydrogen-bond donors (Lipinski definition) is 2. The molecule has 2 N–H and O–H groups in total. The topological polar surface area (TPSA) is 41.1 Å². The van der Waals surface area contributed by atoms with Crippen molar-refractivity contribution in [1.29, 1.82) is 0 Å². The maximum atomic E-state index is 13.0. The molecule has 2 aromatic carbocycles. The molecule has 0 aliphatic carbocycles. The number of carbonyl (C=O) groups excluding carboxylic acids is 1. The van der Waals surface area contributed by atoms with E-state index in [-0.39, 0.29) is 24.3 Å². The van der Waals surface area contributed by atoms with E-state index < -0.39 is 0 Å². The molecule has 5 heteroatoms. The van der Waals surface area contributed by atoms with Crippen LogP contribution in [-0.2, 0) is 4.79 Å². The van der Waals surface area contributed by atoms with Gasteiger partial charge < -0.3 is 10.6 Å². The molecule has 1 amide bonds. The third-order valence-corrected chi connectivity index (χ3v) is 3.52. The lowest BCUT2D eigenvalue weighted by Crippen LogP contribution is -2.30. The molecule has 0 aromatic heterocycles. The Hall–Kier alpha value is -1.72. The zero-order valence-corrected chi connectivity index (χ0v) is 13.2. The molecule has 0 heterocycles. The highest BCUT2D eigenvalue weighted by molar-refractivity contribution is 9.10. The van der Waals surface area contributed by atoms with Crippen molar-refractivity contribution >= 4 is 27.5 Å². The van der Waals surface area contributed by atoms with Crippen LogP contribution in [0.1, 0.15) is 18.5 Å². The standard InChI is InChI=1S/C16H16BrFN2O/c1-11(12-4-2-5-13(17)8-12)19-10-16(21)20-15-7-3-6-14(18)9-15/h2-9,11,19H,10H2,1H3,(H,20,21)/t11-/m1/s1. The van der Waals surface area contributed by atoms with Crippen LogP contribution >= 0.6 is 15.9 Å². The Morgan fingerprint density at radius 3 is 2.71 bits per heavy atom. The van der Waals surface area contributed by atoms with Gasteiger partial charge in [0, 0.05) is 16.2 Å². The molecule has 2 rings (SSSR count). The Morgan fingerprint density at radius 1 is 1.24 bits per heavy atom. The van der Waals surface area contributed by atoms with Gasteiger partial charge in [0.15, 0.2) is 0 Å². The number of amides is 1. The summed E-state index contributed by atoms with van der Waals surface area (Å²) in [6.45, 7) is 2.14. The van der Waals surface area contributed by atoms with Crippen LogP contribution in [0.3, 0.4) is 0 Å². The fraction of sp³-hybridized carbons (Fsp3) is 0.188. The summed E-state index contributed by atoms with van der Waals surface area (Å²) in [6.07, 6.45) is 0. The van der Waals surface area contributed by atoms with Crippen LogP contribution < -0.4 is 10.6 Å². The maximum absolute atomic E-state index is 13.0. The van der Waals surface area contributed by atoms with Gasteiger partial charge in [0.25, 0.3) is 0 Å². The highest BCUT2D eigenvalue weighted by Gasteiger charge is 2.08. The maximum Gasteiger partial charge on any atom is 0.238 e. The number of halogens is 2. The molecule has 0 bridgehead atoms. The van der Waals surface area contributed by atoms with E-state index >= 15 is 0 Å². The van der Waals surface area contributed by atoms with E-state index in [1.54, 1.807) is 12.1 Å². The van der Waals surface area contributed by atoms with Crippen molar-refractivity contribution in [3.05, 3.63) is 64.4 Å². The Balaban J connectivity index is 1.86. The van der Waals surface area contributed by atoms with Crippen molar-refractivity contribution in [2.75, 3.05) is 11.9 Å². The first-order chi connectivity index (χ1) is 10.0. The van der Waals surface area contributed by atoms with Crippen molar-refractivity contribution in [2.24, 2.45) is 0 Å². The van der Waals surface area contributed by atoms with Gasteiger partial charge >= 0.3 is 0 Å². The molecule has 0 aliphatic rings. The lowest BCUT2D eigenvalue weighted by Gasteiger charge is -2.14. The zero-order chi connectivity index (χ0) is 15.2. The monoisotopic (exact) mass is 350 g/mol. The minimum Gasteiger partial charge on any atom is -0.325 e. The van der Waals surface area contributed by atoms with E-state index in [2.05, 4.69) is 26.6 Å². The summed E-state index contributed by atoms with van der Waals surface area (Å²) in [7, 11) is 0. The van der Waals surface area contributed by atoms with E-state index in [1.165, 1.54) is 12.1 Å². The van der Waals surface area contributed by atoms with Gasteiger partial charge in [-0.1, -0.05) is 34.1 Å². The summed E-state index contributed by atoms with van der Waals surface area (Å²) in [6, 6.07) is 13.8. The van der Waals surface area contributed by atoms with Crippen LogP contribution in [0.15, 0.2) is 53.0 Å². The smallest absolute Gasteiger partial charge is 0.238 e. The molecule has 0 fully saturated rings. The number of carbonyl (C=O) groups is 1. The molecule has 0 saturated carbocycles. The number of hydrogen-bond acceptors (Lipinski definition) is 2. The predicted molar refractivity (Wildman–Crippen MR) is 85.6 cm³/mol. The first-order valence-electron chi connectivity index (χ1n) is 6.59. The summed E-state index contributed by atoms with van der Waals surface area (Å²) in [5.41, 5.74) is 1.54. The Bertz CT molecular complexity index is 633. The average molecular weight is 351 g/mol. The van der Waals surface area contributed by atoms with Gasteiger partial charge in [0.1, 0.15) is 5.82 Å². The van der Waals surface area contributed by atoms with Crippen LogP contribution in [0.2, 0.25) is 0 Å². The highest BCUT2D eigenvalue weighted by Crippen LogP contribution is 2.17. The molecule has 1 atom stereocenters. The number of benzene rings is 2. The molecule has 0 spiro atoms. The molecule has 21 heavy (non-hydrogen) atoms. The molecule has 2 aromatic rings. The van der Waals surface area contributed by atoms with Gasteiger partial charge in [-0.05, 0) is 42.8 Å². The normalized spacial score (nSPS) is 12.0. The van der Waals surface area contributed by atoms with Crippen molar-refractivity contribution in [3.63, 3.8) is 0 Å². The first-order valence-corrected chi connectivity index (χ1v) is 7.38. The van der Waals surface area contributed by atoms with Gasteiger partial charge in [-0.15, -0.1) is 0 Å². The van der Waals surface area contributed by atoms with Gasteiger partial charge in [-0.3, -0.25) is 4.79 Å². The summed E-state index contributed by atoms with van der Waals surface area (Å²) in [5, 5.41) is 5.78. The third kappa shape index (κ3) is 4.95. The minimum absolute atomic E-state index is 0.0424. The molecule has 0 radical (unpaired) electrons. The molecular formula is C16H16BrFN2O. The average Bonchev–Trinajstić information content (AvgIpc) is 2.45. The highest BCUT2D eigenvalue weighted by atomic mass is 79.9. The van der Waals surface area contributed by atoms with Gasteiger partial charge in [0.05, 0.1) is 6.54 Å². The molecule has 0 saturated heterocycles. The van der Waals surface area contributed by atoms with Crippen molar-refractivity contribution in [3.8, 4) is 0 Å². The van der Waals surface area contributed by atoms with Crippen molar-refractivity contribution < 1.29 is 9.18 Å². The molecule has 110 valence electrons. The Kier molecular flexibility index (Phi) is 5.47. The van der Waals surface area contributed by atoms with Crippen LogP contribution in [0.25, 0.3) is 0 Å². The molecule has 3 nitrogen and oxygen atoms in total. The predicted octanol–water partition coefficient (Wildman–Crippen LogP) is 3.88. The molecule has 0 aliphatic heterocycles. The molecule has 0 unspecified atom stereocenters. The van der Waals surface area contributed by atoms with Crippen molar-refractivity contribution in [2.45, 2.75) is 13.0 Å². The number of anilines is 1. The fourth-order valence-electron chi connectivity index (χ4n) is 1.91. The van der Waals surface area contributed by atoms with Crippen LogP contribution in [-0.4, -0.2) is 12.5 Å². The summed E-state index contributed by atoms with van der Waals surface area (Å²) >= 11 is 3.42. The van der Waals surface area contributed by atoms with E-state index in [9.17, 15) is 9.18 Å². The quantitative estimate of drug-likeness (QED) is 0.859. The summed E-state index contributed by atoms with van der Waals surface area (Å²) in [5.74, 6) is -0.578. The third-order valence-electron chi connectivity index (χ3n) is 3.03. The van der Waals surface area contributed by atoms with Crippen LogP contribution in [0, 0.1) is 5.82 Å². The van der Waals surface area contributed by atoms with Gasteiger partial charge in [-0.25, -0.2) is 4.39 Å². The largest absolute Gasteiger partial charge is 0.325 e. The van der Waals surface area contributed by atoms with E-state index in [0.29, 0.717) is 5.69 Å². The first kappa shape index (κ1) is 15.7. The Morgan fingerprint density at radius 2 is 2.00 bits per heavy atom. The lowest BCUT2D eigenvalue weighted by atomic mass is 10.1. The van der Waals surface area contributed by atoms with E-state index in [4.69, 9.17) is 0 Å². The summed E-state index contributed by atoms with van der Waals surface area (Å²) in [4.78, 5) is 11.8. The van der Waals surface area contributed by atoms with Gasteiger partial charge in [0.2, 0.25) is 5.91 Å². The van der Waals surface area contributed by atoms with Crippen LogP contribution in [0.4, 0.5) is 10.1 Å². The number of nitrogens with one attached hydrogen (secondary N) is 2.